The molecule has 1 saturated heterocycles. The number of hydrogen-bond acceptors (Lipinski definition) is 4. The van der Waals surface area contributed by atoms with Crippen LogP contribution >= 0.6 is 0 Å². The van der Waals surface area contributed by atoms with E-state index in [2.05, 4.69) is 12.2 Å². The van der Waals surface area contributed by atoms with Gasteiger partial charge in [-0.1, -0.05) is 19.1 Å². The number of benzene rings is 1. The summed E-state index contributed by atoms with van der Waals surface area (Å²) in [5.74, 6) is 0.960. The molecule has 1 aromatic rings. The van der Waals surface area contributed by atoms with Gasteiger partial charge in [-0.3, -0.25) is 4.79 Å². The number of carbonyl (C=O) groups excluding carboxylic acids is 1. The molecule has 1 heterocycles. The van der Waals surface area contributed by atoms with Gasteiger partial charge in [-0.15, -0.1) is 0 Å². The summed E-state index contributed by atoms with van der Waals surface area (Å²) < 4.78 is 10.5. The second-order valence-electron chi connectivity index (χ2n) is 4.66. The molecule has 0 radical (unpaired) electrons. The summed E-state index contributed by atoms with van der Waals surface area (Å²) >= 11 is 0. The maximum atomic E-state index is 11.9. The molecule has 0 saturated carbocycles. The van der Waals surface area contributed by atoms with Gasteiger partial charge >= 0.3 is 5.97 Å². The van der Waals surface area contributed by atoms with Crippen molar-refractivity contribution in [1.29, 1.82) is 0 Å². The Labute approximate surface area is 107 Å². The maximum absolute atomic E-state index is 11.9. The van der Waals surface area contributed by atoms with Gasteiger partial charge in [0.25, 0.3) is 0 Å². The van der Waals surface area contributed by atoms with E-state index in [0.29, 0.717) is 12.5 Å². The summed E-state index contributed by atoms with van der Waals surface area (Å²) in [4.78, 5) is 11.9. The Morgan fingerprint density at radius 3 is 3.00 bits per heavy atom. The highest BCUT2D eigenvalue weighted by molar-refractivity contribution is 5.76. The number of esters is 1. The van der Waals surface area contributed by atoms with Crippen LogP contribution in [-0.4, -0.2) is 25.7 Å². The molecular weight excluding hydrogens is 230 g/mol. The molecule has 0 aliphatic carbocycles. The summed E-state index contributed by atoms with van der Waals surface area (Å²) in [5.41, 5.74) is 0.938. The van der Waals surface area contributed by atoms with Gasteiger partial charge in [0.1, 0.15) is 18.4 Å². The SMILES string of the molecule is COc1cccc(COC(=O)C2NCCC2C)c1. The molecule has 1 aromatic carbocycles. The minimum atomic E-state index is -0.164. The number of rotatable bonds is 4. The van der Waals surface area contributed by atoms with Gasteiger partial charge in [0.05, 0.1) is 7.11 Å². The molecule has 0 amide bonds. The van der Waals surface area contributed by atoms with E-state index in [0.717, 1.165) is 24.3 Å². The van der Waals surface area contributed by atoms with Crippen molar-refractivity contribution in [2.45, 2.75) is 26.0 Å². The van der Waals surface area contributed by atoms with Crippen molar-refractivity contribution in [1.82, 2.24) is 5.32 Å². The van der Waals surface area contributed by atoms with E-state index in [9.17, 15) is 4.79 Å². The molecule has 1 aliphatic heterocycles. The Morgan fingerprint density at radius 2 is 2.33 bits per heavy atom. The molecule has 98 valence electrons. The fraction of sp³-hybridized carbons (Fsp3) is 0.500. The van der Waals surface area contributed by atoms with Gasteiger partial charge in [-0.2, -0.15) is 0 Å². The molecule has 18 heavy (non-hydrogen) atoms. The largest absolute Gasteiger partial charge is 0.497 e. The summed E-state index contributed by atoms with van der Waals surface area (Å²) in [5, 5.41) is 3.17. The van der Waals surface area contributed by atoms with E-state index in [-0.39, 0.29) is 12.0 Å². The van der Waals surface area contributed by atoms with E-state index in [1.165, 1.54) is 0 Å². The predicted octanol–water partition coefficient (Wildman–Crippen LogP) is 1.74. The molecule has 2 rings (SSSR count). The lowest BCUT2D eigenvalue weighted by Crippen LogP contribution is -2.36. The van der Waals surface area contributed by atoms with Crippen LogP contribution in [0.5, 0.6) is 5.75 Å². The van der Waals surface area contributed by atoms with E-state index in [1.807, 2.05) is 24.3 Å². The molecule has 4 heteroatoms. The number of ether oxygens (including phenoxy) is 2. The molecule has 1 aliphatic rings. The third-order valence-electron chi connectivity index (χ3n) is 3.30. The van der Waals surface area contributed by atoms with E-state index in [1.54, 1.807) is 7.11 Å². The first-order valence-corrected chi connectivity index (χ1v) is 6.23. The lowest BCUT2D eigenvalue weighted by molar-refractivity contribution is -0.148. The van der Waals surface area contributed by atoms with Crippen molar-refractivity contribution < 1.29 is 14.3 Å². The zero-order chi connectivity index (χ0) is 13.0. The van der Waals surface area contributed by atoms with E-state index in [4.69, 9.17) is 9.47 Å². The highest BCUT2D eigenvalue weighted by atomic mass is 16.5. The topological polar surface area (TPSA) is 47.6 Å². The maximum Gasteiger partial charge on any atom is 0.323 e. The quantitative estimate of drug-likeness (QED) is 0.826. The van der Waals surface area contributed by atoms with Crippen LogP contribution in [0.2, 0.25) is 0 Å². The van der Waals surface area contributed by atoms with Gasteiger partial charge in [0.2, 0.25) is 0 Å². The van der Waals surface area contributed by atoms with Crippen LogP contribution in [0.3, 0.4) is 0 Å². The van der Waals surface area contributed by atoms with Crippen molar-refractivity contribution in [3.8, 4) is 5.75 Å². The predicted molar refractivity (Wildman–Crippen MR) is 68.4 cm³/mol. The van der Waals surface area contributed by atoms with Crippen LogP contribution in [0, 0.1) is 5.92 Å². The Morgan fingerprint density at radius 1 is 1.50 bits per heavy atom. The van der Waals surface area contributed by atoms with Gasteiger partial charge < -0.3 is 14.8 Å². The smallest absolute Gasteiger partial charge is 0.323 e. The van der Waals surface area contributed by atoms with Crippen molar-refractivity contribution in [2.24, 2.45) is 5.92 Å². The lowest BCUT2D eigenvalue weighted by Gasteiger charge is -2.14. The fourth-order valence-electron chi connectivity index (χ4n) is 2.16. The average Bonchev–Trinajstić information content (AvgIpc) is 2.82. The molecule has 0 spiro atoms. The monoisotopic (exact) mass is 249 g/mol. The molecule has 4 nitrogen and oxygen atoms in total. The van der Waals surface area contributed by atoms with E-state index >= 15 is 0 Å². The van der Waals surface area contributed by atoms with Gasteiger partial charge in [0, 0.05) is 0 Å². The average molecular weight is 249 g/mol. The molecule has 0 aromatic heterocycles. The normalized spacial score (nSPS) is 22.8. The van der Waals surface area contributed by atoms with Crippen molar-refractivity contribution in [3.05, 3.63) is 29.8 Å². The van der Waals surface area contributed by atoms with Gasteiger partial charge in [0.15, 0.2) is 0 Å². The first-order valence-electron chi connectivity index (χ1n) is 6.23. The van der Waals surface area contributed by atoms with Gasteiger partial charge in [-0.05, 0) is 36.6 Å². The first kappa shape index (κ1) is 12.9. The van der Waals surface area contributed by atoms with Gasteiger partial charge in [-0.25, -0.2) is 0 Å². The zero-order valence-corrected chi connectivity index (χ0v) is 10.8. The minimum absolute atomic E-state index is 0.157. The number of methoxy groups -OCH3 is 1. The number of hydrogen-bond donors (Lipinski definition) is 1. The summed E-state index contributed by atoms with van der Waals surface area (Å²) in [6, 6.07) is 7.39. The van der Waals surface area contributed by atoms with E-state index < -0.39 is 0 Å². The molecule has 2 unspecified atom stereocenters. The molecular formula is C14H19NO3. The standard InChI is InChI=1S/C14H19NO3/c1-10-6-7-15-13(10)14(16)18-9-11-4-3-5-12(8-11)17-2/h3-5,8,10,13,15H,6-7,9H2,1-2H3. The first-order chi connectivity index (χ1) is 8.70. The van der Waals surface area contributed by atoms with Crippen LogP contribution in [0.4, 0.5) is 0 Å². The zero-order valence-electron chi connectivity index (χ0n) is 10.8. The summed E-state index contributed by atoms with van der Waals surface area (Å²) in [6.07, 6.45) is 1.03. The second kappa shape index (κ2) is 5.87. The number of nitrogens with one attached hydrogen (secondary N) is 1. The minimum Gasteiger partial charge on any atom is -0.497 e. The van der Waals surface area contributed by atoms with Crippen molar-refractivity contribution in [2.75, 3.05) is 13.7 Å². The third-order valence-corrected chi connectivity index (χ3v) is 3.30. The van der Waals surface area contributed by atoms with Crippen LogP contribution in [0.1, 0.15) is 18.9 Å². The van der Waals surface area contributed by atoms with Crippen LogP contribution in [0.25, 0.3) is 0 Å². The Kier molecular flexibility index (Phi) is 4.20. The highest BCUT2D eigenvalue weighted by Gasteiger charge is 2.30. The molecule has 2 atom stereocenters. The van der Waals surface area contributed by atoms with Crippen LogP contribution < -0.4 is 10.1 Å². The molecule has 1 fully saturated rings. The second-order valence-corrected chi connectivity index (χ2v) is 4.66. The molecule has 1 N–H and O–H groups in total. The van der Waals surface area contributed by atoms with Crippen LogP contribution in [-0.2, 0) is 16.1 Å². The van der Waals surface area contributed by atoms with Crippen LogP contribution in [0.15, 0.2) is 24.3 Å². The van der Waals surface area contributed by atoms with Crippen molar-refractivity contribution >= 4 is 5.97 Å². The lowest BCUT2D eigenvalue weighted by atomic mass is 10.0. The highest BCUT2D eigenvalue weighted by Crippen LogP contribution is 2.17. The molecule has 0 bridgehead atoms. The number of carbonyl (C=O) groups is 1. The van der Waals surface area contributed by atoms with Crippen molar-refractivity contribution in [3.63, 3.8) is 0 Å². The fourth-order valence-corrected chi connectivity index (χ4v) is 2.16. The Balaban J connectivity index is 1.88. The Bertz CT molecular complexity index is 419. The Hall–Kier alpha value is -1.55. The third kappa shape index (κ3) is 3.01. The summed E-state index contributed by atoms with van der Waals surface area (Å²) in [6.45, 7) is 3.25. The summed E-state index contributed by atoms with van der Waals surface area (Å²) in [7, 11) is 1.62.